The van der Waals surface area contributed by atoms with Crippen LogP contribution in [0.15, 0.2) is 59.3 Å². The van der Waals surface area contributed by atoms with Crippen molar-refractivity contribution in [3.05, 3.63) is 60.5 Å². The van der Waals surface area contributed by atoms with Gasteiger partial charge in [0.2, 0.25) is 5.88 Å². The molecule has 4 aliphatic rings. The number of likely N-dealkylation sites (tertiary alicyclic amines) is 1. The smallest absolute Gasteiger partial charge is 0.314 e. The van der Waals surface area contributed by atoms with Crippen LogP contribution in [0.3, 0.4) is 0 Å². The third kappa shape index (κ3) is 8.13. The van der Waals surface area contributed by atoms with Crippen LogP contribution < -0.4 is 25.0 Å². The van der Waals surface area contributed by atoms with E-state index in [4.69, 9.17) is 24.5 Å². The first-order valence-corrected chi connectivity index (χ1v) is 19.5. The molecule has 55 heavy (non-hydrogen) atoms. The van der Waals surface area contributed by atoms with Crippen molar-refractivity contribution in [3.63, 3.8) is 0 Å². The van der Waals surface area contributed by atoms with Crippen molar-refractivity contribution in [2.75, 3.05) is 54.9 Å². The van der Waals surface area contributed by atoms with E-state index < -0.39 is 11.9 Å². The molecule has 292 valence electrons. The first kappa shape index (κ1) is 36.8. The molecular formula is C40H50N8O7. The number of hydrogen-bond acceptors (Lipinski definition) is 14. The summed E-state index contributed by atoms with van der Waals surface area (Å²) in [4.78, 5) is 23.3. The molecule has 0 spiro atoms. The number of piperazine rings is 1. The van der Waals surface area contributed by atoms with Gasteiger partial charge >= 0.3 is 5.97 Å². The van der Waals surface area contributed by atoms with E-state index in [9.17, 15) is 15.0 Å². The van der Waals surface area contributed by atoms with Crippen LogP contribution in [0.4, 0.5) is 17.2 Å². The standard InChI is InChI=1S/C40H50N8O7/c1-24(2)38(40(50)51)35-21-37(45-55-35)52-16-15-46-13-10-28(11-14-46)53-29-18-30(19-29)54-36-17-25(9-12-42-36)48-26-7-8-27(48)23-47(22-26)33-20-32(43-44-39(33)41)31-5-3-4-6-34(31)49/h3-6,9,12,17,20-21,24,26-30,38,49H,7-8,10-11,13-16,18-19,22-23H2,1-2H3,(H2,41,44)(H,50,51). The topological polar surface area (TPSA) is 186 Å². The van der Waals surface area contributed by atoms with Gasteiger partial charge in [-0.05, 0) is 61.0 Å². The molecule has 3 aliphatic heterocycles. The summed E-state index contributed by atoms with van der Waals surface area (Å²) in [5.41, 5.74) is 9.55. The summed E-state index contributed by atoms with van der Waals surface area (Å²) >= 11 is 0. The number of phenols is 1. The van der Waals surface area contributed by atoms with Gasteiger partial charge in [-0.3, -0.25) is 9.69 Å². The van der Waals surface area contributed by atoms with Gasteiger partial charge in [0, 0.05) is 87.2 Å². The average molecular weight is 755 g/mol. The van der Waals surface area contributed by atoms with E-state index in [1.165, 1.54) is 0 Å². The fourth-order valence-electron chi connectivity index (χ4n) is 8.55. The van der Waals surface area contributed by atoms with E-state index in [1.807, 2.05) is 38.2 Å². The molecule has 0 amide bonds. The number of aliphatic carboxylic acids is 1. The van der Waals surface area contributed by atoms with E-state index in [-0.39, 0.29) is 30.0 Å². The number of benzene rings is 1. The lowest BCUT2D eigenvalue weighted by molar-refractivity contribution is -0.140. The van der Waals surface area contributed by atoms with Crippen LogP contribution in [0.2, 0.25) is 0 Å². The van der Waals surface area contributed by atoms with Crippen LogP contribution in [-0.4, -0.2) is 111 Å². The number of nitrogen functional groups attached to an aromatic ring is 1. The van der Waals surface area contributed by atoms with Crippen LogP contribution in [0, 0.1) is 5.92 Å². The summed E-state index contributed by atoms with van der Waals surface area (Å²) in [5, 5.41) is 32.3. The Balaban J connectivity index is 0.770. The molecule has 4 N–H and O–H groups in total. The number of nitrogens with zero attached hydrogens (tertiary/aromatic N) is 7. The van der Waals surface area contributed by atoms with E-state index in [1.54, 1.807) is 18.2 Å². The van der Waals surface area contributed by atoms with Gasteiger partial charge in [0.05, 0.1) is 23.6 Å². The molecule has 4 aromatic rings. The molecule has 4 fully saturated rings. The number of carboxylic acids is 1. The Labute approximate surface area is 320 Å². The van der Waals surface area contributed by atoms with Gasteiger partial charge in [-0.15, -0.1) is 10.2 Å². The van der Waals surface area contributed by atoms with Crippen LogP contribution in [-0.2, 0) is 9.53 Å². The molecule has 3 atom stereocenters. The van der Waals surface area contributed by atoms with Gasteiger partial charge < -0.3 is 44.5 Å². The number of ether oxygens (including phenoxy) is 3. The van der Waals surface area contributed by atoms with Gasteiger partial charge in [-0.2, -0.15) is 0 Å². The number of aromatic nitrogens is 4. The maximum atomic E-state index is 11.6. The Morgan fingerprint density at radius 1 is 0.964 bits per heavy atom. The molecule has 1 aromatic carbocycles. The highest BCUT2D eigenvalue weighted by Crippen LogP contribution is 2.40. The quantitative estimate of drug-likeness (QED) is 0.157. The number of para-hydroxylation sites is 1. The molecule has 1 aliphatic carbocycles. The minimum atomic E-state index is -0.932. The molecule has 3 aromatic heterocycles. The van der Waals surface area contributed by atoms with Crippen molar-refractivity contribution in [1.29, 1.82) is 0 Å². The van der Waals surface area contributed by atoms with Crippen molar-refractivity contribution in [3.8, 4) is 28.8 Å². The summed E-state index contributed by atoms with van der Waals surface area (Å²) in [6.07, 6.45) is 8.15. The van der Waals surface area contributed by atoms with Gasteiger partial charge in [-0.1, -0.05) is 26.0 Å². The summed E-state index contributed by atoms with van der Waals surface area (Å²) in [6, 6.07) is 15.4. The molecule has 2 bridgehead atoms. The second-order valence-corrected chi connectivity index (χ2v) is 15.6. The van der Waals surface area contributed by atoms with Gasteiger partial charge in [-0.25, -0.2) is 4.98 Å². The highest BCUT2D eigenvalue weighted by molar-refractivity contribution is 5.76. The first-order valence-electron chi connectivity index (χ1n) is 19.5. The van der Waals surface area contributed by atoms with E-state index in [0.717, 1.165) is 82.6 Å². The fraction of sp³-hybridized carbons (Fsp3) is 0.525. The number of aromatic hydroxyl groups is 1. The van der Waals surface area contributed by atoms with Crippen LogP contribution >= 0.6 is 0 Å². The number of carboxylic acid groups (broad SMARTS) is 1. The molecule has 6 heterocycles. The van der Waals surface area contributed by atoms with Crippen LogP contribution in [0.25, 0.3) is 11.3 Å². The molecule has 3 saturated heterocycles. The zero-order valence-corrected chi connectivity index (χ0v) is 31.4. The number of rotatable bonds is 14. The summed E-state index contributed by atoms with van der Waals surface area (Å²) in [5.74, 6) is 0.0476. The highest BCUT2D eigenvalue weighted by atomic mass is 16.5. The highest BCUT2D eigenvalue weighted by Gasteiger charge is 2.41. The lowest BCUT2D eigenvalue weighted by Crippen LogP contribution is -2.54. The SMILES string of the molecule is CC(C)C(C(=O)O)c1cc(OCCN2CCC(OC3CC(Oc4cc(N5C6CCC5CN(c5cc(-c7ccccc7O)nnc5N)C6)ccn4)C3)CC2)no1. The third-order valence-corrected chi connectivity index (χ3v) is 11.5. The number of piperidine rings is 1. The predicted molar refractivity (Wildman–Crippen MR) is 204 cm³/mol. The number of hydrogen-bond donors (Lipinski definition) is 3. The fourth-order valence-corrected chi connectivity index (χ4v) is 8.55. The summed E-state index contributed by atoms with van der Waals surface area (Å²) in [7, 11) is 0. The van der Waals surface area contributed by atoms with Gasteiger partial charge in [0.1, 0.15) is 24.4 Å². The second-order valence-electron chi connectivity index (χ2n) is 15.6. The lowest BCUT2D eigenvalue weighted by Gasteiger charge is -2.43. The Kier molecular flexibility index (Phi) is 10.6. The molecule has 0 radical (unpaired) electrons. The second kappa shape index (κ2) is 15.9. The van der Waals surface area contributed by atoms with Crippen molar-refractivity contribution >= 4 is 23.2 Å². The number of pyridine rings is 1. The molecular weight excluding hydrogens is 704 g/mol. The lowest BCUT2D eigenvalue weighted by atomic mass is 9.91. The average Bonchev–Trinajstić information content (AvgIpc) is 3.72. The van der Waals surface area contributed by atoms with Crippen molar-refractivity contribution in [2.45, 2.75) is 88.7 Å². The minimum Gasteiger partial charge on any atom is -0.507 e. The van der Waals surface area contributed by atoms with Crippen molar-refractivity contribution < 1.29 is 33.7 Å². The zero-order valence-electron chi connectivity index (χ0n) is 31.4. The van der Waals surface area contributed by atoms with Crippen LogP contribution in [0.1, 0.15) is 64.1 Å². The Hall–Kier alpha value is -5.15. The monoisotopic (exact) mass is 754 g/mol. The summed E-state index contributed by atoms with van der Waals surface area (Å²) in [6.45, 7) is 8.35. The largest absolute Gasteiger partial charge is 0.507 e. The molecule has 1 saturated carbocycles. The van der Waals surface area contributed by atoms with E-state index in [0.29, 0.717) is 53.3 Å². The number of anilines is 3. The molecule has 3 unspecified atom stereocenters. The van der Waals surface area contributed by atoms with Gasteiger partial charge in [0.25, 0.3) is 5.88 Å². The normalized spacial score (nSPS) is 23.5. The Bertz CT molecular complexity index is 1930. The molecule has 15 heteroatoms. The van der Waals surface area contributed by atoms with E-state index in [2.05, 4.69) is 47.2 Å². The zero-order chi connectivity index (χ0) is 38.1. The van der Waals surface area contributed by atoms with Crippen molar-refractivity contribution in [1.82, 2.24) is 25.2 Å². The Morgan fingerprint density at radius 2 is 1.73 bits per heavy atom. The maximum absolute atomic E-state index is 11.6. The Morgan fingerprint density at radius 3 is 2.45 bits per heavy atom. The number of nitrogens with two attached hydrogens (primary N) is 1. The predicted octanol–water partition coefficient (Wildman–Crippen LogP) is 4.97. The molecule has 8 rings (SSSR count). The molecule has 15 nitrogen and oxygen atoms in total. The van der Waals surface area contributed by atoms with E-state index >= 15 is 0 Å². The van der Waals surface area contributed by atoms with Crippen molar-refractivity contribution in [2.24, 2.45) is 5.92 Å². The number of carbonyl (C=O) groups is 1. The van der Waals surface area contributed by atoms with Crippen LogP contribution in [0.5, 0.6) is 17.5 Å². The number of phenolic OH excluding ortho intramolecular Hbond substituents is 1. The van der Waals surface area contributed by atoms with Gasteiger partial charge in [0.15, 0.2) is 11.6 Å². The third-order valence-electron chi connectivity index (χ3n) is 11.5. The maximum Gasteiger partial charge on any atom is 0.314 e. The minimum absolute atomic E-state index is 0.0855. The first-order chi connectivity index (χ1) is 26.7. The number of fused-ring (bicyclic) bond motifs is 2. The summed E-state index contributed by atoms with van der Waals surface area (Å²) < 4.78 is 23.8.